The zero-order chi connectivity index (χ0) is 24.2. The van der Waals surface area contributed by atoms with E-state index < -0.39 is 11.1 Å². The van der Waals surface area contributed by atoms with Gasteiger partial charge in [-0.25, -0.2) is 0 Å². The molecule has 4 rings (SSSR count). The maximum atomic E-state index is 12.8. The Morgan fingerprint density at radius 2 is 1.68 bits per heavy atom. The Kier molecular flexibility index (Phi) is 6.58. The van der Waals surface area contributed by atoms with Crippen molar-refractivity contribution in [1.29, 1.82) is 0 Å². The van der Waals surface area contributed by atoms with Crippen LogP contribution in [0, 0.1) is 13.8 Å². The van der Waals surface area contributed by atoms with E-state index in [2.05, 4.69) is 17.1 Å². The van der Waals surface area contributed by atoms with Gasteiger partial charge in [0.2, 0.25) is 0 Å². The molecule has 1 N–H and O–H groups in total. The molecule has 0 aliphatic carbocycles. The number of aryl methyl sites for hydroxylation is 2. The number of hydrogen-bond acceptors (Lipinski definition) is 5. The van der Waals surface area contributed by atoms with Gasteiger partial charge in [-0.2, -0.15) is 0 Å². The maximum absolute atomic E-state index is 12.8. The molecule has 0 bridgehead atoms. The predicted octanol–water partition coefficient (Wildman–Crippen LogP) is 2.97. The second-order valence-corrected chi connectivity index (χ2v) is 8.09. The van der Waals surface area contributed by atoms with E-state index in [1.165, 1.54) is 9.13 Å². The van der Waals surface area contributed by atoms with Gasteiger partial charge in [0.15, 0.2) is 0 Å². The second-order valence-electron chi connectivity index (χ2n) is 8.09. The van der Waals surface area contributed by atoms with E-state index in [4.69, 9.17) is 4.52 Å². The predicted molar refractivity (Wildman–Crippen MR) is 130 cm³/mol. The van der Waals surface area contributed by atoms with Crippen molar-refractivity contribution in [1.82, 2.24) is 19.6 Å². The van der Waals surface area contributed by atoms with Crippen molar-refractivity contribution in [2.24, 2.45) is 0 Å². The standard InChI is InChI=1S/C26H26N4O4/c1-4-15-29-22-7-5-6-8-23(22)30(26(33)25(29)32)16-19-9-11-20(12-10-19)24(31)27-14-13-21-17(2)28-34-18(21)3/h4-12H,1,13-16H2,2-3H3,(H,27,31). The molecule has 0 aliphatic rings. The Morgan fingerprint density at radius 1 is 1.03 bits per heavy atom. The van der Waals surface area contributed by atoms with Gasteiger partial charge in [-0.15, -0.1) is 6.58 Å². The number of hydrogen-bond donors (Lipinski definition) is 1. The van der Waals surface area contributed by atoms with Crippen molar-refractivity contribution in [3.05, 3.63) is 110 Å². The summed E-state index contributed by atoms with van der Waals surface area (Å²) in [7, 11) is 0. The Hall–Kier alpha value is -4.20. The smallest absolute Gasteiger partial charge is 0.317 e. The van der Waals surface area contributed by atoms with Crippen molar-refractivity contribution < 1.29 is 9.32 Å². The summed E-state index contributed by atoms with van der Waals surface area (Å²) >= 11 is 0. The first-order valence-electron chi connectivity index (χ1n) is 11.0. The van der Waals surface area contributed by atoms with Crippen LogP contribution in [-0.4, -0.2) is 26.7 Å². The Balaban J connectivity index is 1.51. The molecule has 0 atom stereocenters. The molecule has 2 heterocycles. The van der Waals surface area contributed by atoms with E-state index in [0.29, 0.717) is 29.6 Å². The average Bonchev–Trinajstić information content (AvgIpc) is 3.17. The summed E-state index contributed by atoms with van der Waals surface area (Å²) < 4.78 is 8.04. The molecular weight excluding hydrogens is 432 g/mol. The SMILES string of the molecule is C=CCn1c(=O)c(=O)n(Cc2ccc(C(=O)NCCc3c(C)noc3C)cc2)c2ccccc21. The van der Waals surface area contributed by atoms with E-state index in [9.17, 15) is 14.4 Å². The number of carbonyl (C=O) groups excluding carboxylic acids is 1. The van der Waals surface area contributed by atoms with Crippen molar-refractivity contribution in [3.63, 3.8) is 0 Å². The summed E-state index contributed by atoms with van der Waals surface area (Å²) in [6.07, 6.45) is 2.23. The minimum atomic E-state index is -0.596. The monoisotopic (exact) mass is 458 g/mol. The van der Waals surface area contributed by atoms with Gasteiger partial charge in [0, 0.05) is 24.2 Å². The molecule has 0 saturated heterocycles. The van der Waals surface area contributed by atoms with Crippen LogP contribution in [0.4, 0.5) is 0 Å². The third-order valence-electron chi connectivity index (χ3n) is 5.85. The number of amides is 1. The molecular formula is C26H26N4O4. The molecule has 2 aromatic carbocycles. The van der Waals surface area contributed by atoms with E-state index >= 15 is 0 Å². The maximum Gasteiger partial charge on any atom is 0.317 e. The quantitative estimate of drug-likeness (QED) is 0.323. The van der Waals surface area contributed by atoms with Gasteiger partial charge >= 0.3 is 11.1 Å². The van der Waals surface area contributed by atoms with Crippen LogP contribution in [0.25, 0.3) is 11.0 Å². The van der Waals surface area contributed by atoms with Crippen LogP contribution in [0.1, 0.15) is 32.9 Å². The third-order valence-corrected chi connectivity index (χ3v) is 5.85. The van der Waals surface area contributed by atoms with Gasteiger partial charge in [-0.05, 0) is 50.1 Å². The summed E-state index contributed by atoms with van der Waals surface area (Å²) in [4.78, 5) is 38.0. The molecule has 0 unspecified atom stereocenters. The van der Waals surface area contributed by atoms with Crippen molar-refractivity contribution in [2.75, 3.05) is 6.54 Å². The molecule has 0 fully saturated rings. The van der Waals surface area contributed by atoms with E-state index in [-0.39, 0.29) is 19.0 Å². The van der Waals surface area contributed by atoms with Crippen LogP contribution in [0.15, 0.2) is 75.3 Å². The van der Waals surface area contributed by atoms with Gasteiger partial charge in [0.1, 0.15) is 5.76 Å². The van der Waals surface area contributed by atoms with Crippen LogP contribution in [0.5, 0.6) is 0 Å². The zero-order valence-corrected chi connectivity index (χ0v) is 19.2. The van der Waals surface area contributed by atoms with Gasteiger partial charge in [0.05, 0.1) is 23.3 Å². The first-order valence-corrected chi connectivity index (χ1v) is 11.0. The summed E-state index contributed by atoms with van der Waals surface area (Å²) in [5, 5.41) is 6.83. The highest BCUT2D eigenvalue weighted by Gasteiger charge is 2.13. The second kappa shape index (κ2) is 9.74. The van der Waals surface area contributed by atoms with Gasteiger partial charge in [-0.3, -0.25) is 23.5 Å². The molecule has 8 heteroatoms. The number of carbonyl (C=O) groups is 1. The molecule has 0 radical (unpaired) electrons. The number of aromatic nitrogens is 3. The number of nitrogens with zero attached hydrogens (tertiary/aromatic N) is 3. The molecule has 4 aromatic rings. The number of fused-ring (bicyclic) bond motifs is 1. The fraction of sp³-hybridized carbons (Fsp3) is 0.231. The van der Waals surface area contributed by atoms with E-state index in [0.717, 1.165) is 22.6 Å². The van der Waals surface area contributed by atoms with Crippen LogP contribution in [0.2, 0.25) is 0 Å². The molecule has 1 amide bonds. The lowest BCUT2D eigenvalue weighted by Gasteiger charge is -2.14. The Labute approximate surface area is 196 Å². The van der Waals surface area contributed by atoms with Crippen LogP contribution < -0.4 is 16.4 Å². The van der Waals surface area contributed by atoms with Gasteiger partial charge in [-0.1, -0.05) is 35.5 Å². The molecule has 0 saturated carbocycles. The lowest BCUT2D eigenvalue weighted by Crippen LogP contribution is -2.41. The van der Waals surface area contributed by atoms with E-state index in [1.807, 2.05) is 38.1 Å². The summed E-state index contributed by atoms with van der Waals surface area (Å²) in [6, 6.07) is 14.3. The topological polar surface area (TPSA) is 99.1 Å². The number of allylic oxidation sites excluding steroid dienone is 1. The fourth-order valence-corrected chi connectivity index (χ4v) is 4.04. The molecule has 2 aromatic heterocycles. The fourth-order valence-electron chi connectivity index (χ4n) is 4.04. The number of nitrogens with one attached hydrogen (secondary N) is 1. The number of para-hydroxylation sites is 2. The lowest BCUT2D eigenvalue weighted by atomic mass is 10.1. The highest BCUT2D eigenvalue weighted by atomic mass is 16.5. The van der Waals surface area contributed by atoms with Gasteiger partial charge < -0.3 is 9.84 Å². The van der Waals surface area contributed by atoms with E-state index in [1.54, 1.807) is 30.3 Å². The van der Waals surface area contributed by atoms with Crippen molar-refractivity contribution in [3.8, 4) is 0 Å². The average molecular weight is 459 g/mol. The summed E-state index contributed by atoms with van der Waals surface area (Å²) in [5.41, 5.74) is 3.30. The normalized spacial score (nSPS) is 11.0. The minimum Gasteiger partial charge on any atom is -0.361 e. The molecule has 0 spiro atoms. The van der Waals surface area contributed by atoms with Gasteiger partial charge in [0.25, 0.3) is 5.91 Å². The first-order chi connectivity index (χ1) is 16.4. The number of benzene rings is 2. The largest absolute Gasteiger partial charge is 0.361 e. The minimum absolute atomic E-state index is 0.187. The molecule has 174 valence electrons. The molecule has 8 nitrogen and oxygen atoms in total. The third kappa shape index (κ3) is 4.47. The summed E-state index contributed by atoms with van der Waals surface area (Å²) in [6.45, 7) is 8.35. The zero-order valence-electron chi connectivity index (χ0n) is 19.2. The molecule has 0 aliphatic heterocycles. The Morgan fingerprint density at radius 3 is 2.29 bits per heavy atom. The highest BCUT2D eigenvalue weighted by molar-refractivity contribution is 5.94. The first kappa shape index (κ1) is 23.0. The van der Waals surface area contributed by atoms with Crippen LogP contribution in [-0.2, 0) is 19.5 Å². The highest BCUT2D eigenvalue weighted by Crippen LogP contribution is 2.14. The Bertz CT molecular complexity index is 1460. The molecule has 34 heavy (non-hydrogen) atoms. The van der Waals surface area contributed by atoms with Crippen LogP contribution in [0.3, 0.4) is 0 Å². The number of rotatable bonds is 8. The van der Waals surface area contributed by atoms with Crippen LogP contribution >= 0.6 is 0 Å². The lowest BCUT2D eigenvalue weighted by molar-refractivity contribution is 0.0954. The van der Waals surface area contributed by atoms with Crippen molar-refractivity contribution in [2.45, 2.75) is 33.4 Å². The summed E-state index contributed by atoms with van der Waals surface area (Å²) in [5.74, 6) is 0.573. The van der Waals surface area contributed by atoms with Crippen molar-refractivity contribution >= 4 is 16.9 Å².